The largest absolute Gasteiger partial charge is 0.491 e. The average Bonchev–Trinajstić information content (AvgIpc) is 3.18. The predicted molar refractivity (Wildman–Crippen MR) is 122 cm³/mol. The molecule has 5 nitrogen and oxygen atoms in total. The van der Waals surface area contributed by atoms with Crippen LogP contribution < -0.4 is 4.74 Å². The fourth-order valence-corrected chi connectivity index (χ4v) is 4.87. The highest BCUT2D eigenvalue weighted by Crippen LogP contribution is 2.34. The van der Waals surface area contributed by atoms with E-state index >= 15 is 0 Å². The molecule has 1 aromatic heterocycles. The first-order valence-corrected chi connectivity index (χ1v) is 11.9. The Balaban J connectivity index is 1.72. The second kappa shape index (κ2) is 11.1. The van der Waals surface area contributed by atoms with Crippen LogP contribution in [-0.2, 0) is 11.2 Å². The summed E-state index contributed by atoms with van der Waals surface area (Å²) < 4.78 is 19.4. The van der Waals surface area contributed by atoms with Crippen LogP contribution in [0.25, 0.3) is 0 Å². The van der Waals surface area contributed by atoms with Gasteiger partial charge in [0.1, 0.15) is 18.2 Å². The van der Waals surface area contributed by atoms with Gasteiger partial charge < -0.3 is 14.7 Å². The molecule has 170 valence electrons. The molecule has 0 aliphatic carbocycles. The van der Waals surface area contributed by atoms with E-state index in [1.165, 1.54) is 17.0 Å². The average molecular weight is 449 g/mol. The highest BCUT2D eigenvalue weighted by Gasteiger charge is 2.33. The van der Waals surface area contributed by atoms with E-state index in [4.69, 9.17) is 4.74 Å². The first-order chi connectivity index (χ1) is 14.8. The molecule has 0 saturated heterocycles. The van der Waals surface area contributed by atoms with Crippen LogP contribution in [0.3, 0.4) is 0 Å². The van der Waals surface area contributed by atoms with Gasteiger partial charge in [-0.2, -0.15) is 0 Å². The third kappa shape index (κ3) is 6.76. The molecule has 31 heavy (non-hydrogen) atoms. The predicted octanol–water partition coefficient (Wildman–Crippen LogP) is 4.12. The molecule has 0 spiro atoms. The van der Waals surface area contributed by atoms with Crippen molar-refractivity contribution in [2.24, 2.45) is 5.92 Å². The van der Waals surface area contributed by atoms with E-state index in [0.717, 1.165) is 24.9 Å². The molecule has 1 N–H and O–H groups in total. The van der Waals surface area contributed by atoms with E-state index in [1.807, 2.05) is 9.80 Å². The monoisotopic (exact) mass is 448 g/mol. The van der Waals surface area contributed by atoms with Gasteiger partial charge >= 0.3 is 0 Å². The number of hydrogen-bond acceptors (Lipinski definition) is 5. The van der Waals surface area contributed by atoms with Crippen LogP contribution in [0, 0.1) is 11.7 Å². The van der Waals surface area contributed by atoms with Crippen LogP contribution in [0.1, 0.15) is 43.7 Å². The Labute approximate surface area is 188 Å². The second-order valence-electron chi connectivity index (χ2n) is 8.69. The van der Waals surface area contributed by atoms with Crippen LogP contribution in [0.15, 0.2) is 35.7 Å². The number of rotatable bonds is 10. The van der Waals surface area contributed by atoms with Gasteiger partial charge in [-0.05, 0) is 61.4 Å². The summed E-state index contributed by atoms with van der Waals surface area (Å²) in [5.41, 5.74) is 1.12. The number of ether oxygens (including phenoxy) is 1. The lowest BCUT2D eigenvalue weighted by molar-refractivity contribution is -0.136. The van der Waals surface area contributed by atoms with Crippen molar-refractivity contribution in [2.45, 2.75) is 45.8 Å². The van der Waals surface area contributed by atoms with Crippen molar-refractivity contribution >= 4 is 17.2 Å². The van der Waals surface area contributed by atoms with Gasteiger partial charge in [-0.3, -0.25) is 9.69 Å². The van der Waals surface area contributed by atoms with Gasteiger partial charge in [0.25, 0.3) is 0 Å². The molecular formula is C24H33FN2O3S. The second-order valence-corrected chi connectivity index (χ2v) is 9.69. The standard InChI is InChI=1S/C24H33FN2O3S/c1-17(2)7-10-26(14-18(3)28)15-24(29)27-11-8-23-21(9-12-31-23)22(27)16-30-20-6-4-5-19(25)13-20/h4-6,9,12-13,17-18,22,28H,7-8,10-11,14-16H2,1-3H3/t18-,22-/m0/s1. The summed E-state index contributed by atoms with van der Waals surface area (Å²) >= 11 is 1.70. The normalized spacial score (nSPS) is 17.1. The molecule has 0 saturated carbocycles. The van der Waals surface area contributed by atoms with E-state index in [2.05, 4.69) is 25.3 Å². The smallest absolute Gasteiger partial charge is 0.237 e. The van der Waals surface area contributed by atoms with Gasteiger partial charge in [-0.25, -0.2) is 4.39 Å². The molecule has 0 unspecified atom stereocenters. The number of aliphatic hydroxyl groups excluding tert-OH is 1. The number of aliphatic hydroxyl groups is 1. The van der Waals surface area contributed by atoms with E-state index in [9.17, 15) is 14.3 Å². The lowest BCUT2D eigenvalue weighted by Crippen LogP contribution is -2.47. The zero-order valence-electron chi connectivity index (χ0n) is 18.6. The first kappa shape index (κ1) is 23.7. The molecule has 1 amide bonds. The Hall–Kier alpha value is -1.96. The van der Waals surface area contributed by atoms with Crippen molar-refractivity contribution in [3.05, 3.63) is 52.0 Å². The fraction of sp³-hybridized carbons (Fsp3) is 0.542. The zero-order chi connectivity index (χ0) is 22.4. The Morgan fingerprint density at radius 2 is 2.16 bits per heavy atom. The van der Waals surface area contributed by atoms with Gasteiger partial charge in [-0.15, -0.1) is 11.3 Å². The number of nitrogens with zero attached hydrogens (tertiary/aromatic N) is 2. The molecule has 0 fully saturated rings. The first-order valence-electron chi connectivity index (χ1n) is 11.0. The summed E-state index contributed by atoms with van der Waals surface area (Å²) in [5, 5.41) is 11.9. The van der Waals surface area contributed by atoms with Crippen LogP contribution in [0.2, 0.25) is 0 Å². The quantitative estimate of drug-likeness (QED) is 0.594. The maximum Gasteiger partial charge on any atom is 0.237 e. The number of hydrogen-bond donors (Lipinski definition) is 1. The molecule has 2 atom stereocenters. The highest BCUT2D eigenvalue weighted by atomic mass is 32.1. The van der Waals surface area contributed by atoms with Crippen molar-refractivity contribution in [1.29, 1.82) is 0 Å². The molecule has 1 aromatic carbocycles. The van der Waals surface area contributed by atoms with Crippen LogP contribution in [0.5, 0.6) is 5.75 Å². The molecule has 2 aromatic rings. The van der Waals surface area contributed by atoms with E-state index in [0.29, 0.717) is 24.8 Å². The van der Waals surface area contributed by atoms with Gasteiger partial charge in [-0.1, -0.05) is 19.9 Å². The topological polar surface area (TPSA) is 53.0 Å². The Kier molecular flexibility index (Phi) is 8.46. The fourth-order valence-electron chi connectivity index (χ4n) is 3.94. The number of carbonyl (C=O) groups excluding carboxylic acids is 1. The van der Waals surface area contributed by atoms with E-state index in [-0.39, 0.29) is 30.9 Å². The summed E-state index contributed by atoms with van der Waals surface area (Å²) in [5.74, 6) is 0.683. The Morgan fingerprint density at radius 1 is 1.35 bits per heavy atom. The number of fused-ring (bicyclic) bond motifs is 1. The summed E-state index contributed by atoms with van der Waals surface area (Å²) in [6.07, 6.45) is 1.31. The minimum atomic E-state index is -0.489. The number of amides is 1. The van der Waals surface area contributed by atoms with Crippen molar-refractivity contribution in [3.8, 4) is 5.75 Å². The van der Waals surface area contributed by atoms with Crippen molar-refractivity contribution in [1.82, 2.24) is 9.80 Å². The van der Waals surface area contributed by atoms with E-state index in [1.54, 1.807) is 30.4 Å². The minimum absolute atomic E-state index is 0.0362. The zero-order valence-corrected chi connectivity index (χ0v) is 19.4. The Bertz CT molecular complexity index is 855. The molecule has 3 rings (SSSR count). The number of carbonyl (C=O) groups is 1. The summed E-state index contributed by atoms with van der Waals surface area (Å²) in [6.45, 7) is 8.50. The van der Waals surface area contributed by atoms with Gasteiger partial charge in [0.15, 0.2) is 0 Å². The summed E-state index contributed by atoms with van der Waals surface area (Å²) in [4.78, 5) is 18.5. The molecule has 1 aliphatic heterocycles. The molecule has 1 aliphatic rings. The third-order valence-electron chi connectivity index (χ3n) is 5.52. The summed E-state index contributed by atoms with van der Waals surface area (Å²) in [7, 11) is 0. The highest BCUT2D eigenvalue weighted by molar-refractivity contribution is 7.10. The summed E-state index contributed by atoms with van der Waals surface area (Å²) in [6, 6.07) is 7.94. The van der Waals surface area contributed by atoms with Crippen molar-refractivity contribution < 1.29 is 19.0 Å². The van der Waals surface area contributed by atoms with Gasteiger partial charge in [0, 0.05) is 24.0 Å². The molecular weight excluding hydrogens is 415 g/mol. The molecule has 7 heteroatoms. The molecule has 0 bridgehead atoms. The van der Waals surface area contributed by atoms with Crippen molar-refractivity contribution in [3.63, 3.8) is 0 Å². The number of thiophene rings is 1. The van der Waals surface area contributed by atoms with Crippen LogP contribution in [-0.4, -0.2) is 59.7 Å². The SMILES string of the molecule is CC(C)CCN(CC(=O)N1CCc2sccc2[C@@H]1COc1cccc(F)c1)C[C@H](C)O. The third-order valence-corrected chi connectivity index (χ3v) is 6.52. The lowest BCUT2D eigenvalue weighted by atomic mass is 10.0. The minimum Gasteiger partial charge on any atom is -0.491 e. The maximum absolute atomic E-state index is 13.5. The Morgan fingerprint density at radius 3 is 2.87 bits per heavy atom. The number of benzene rings is 1. The van der Waals surface area contributed by atoms with Crippen LogP contribution >= 0.6 is 11.3 Å². The number of halogens is 1. The lowest BCUT2D eigenvalue weighted by Gasteiger charge is -2.37. The van der Waals surface area contributed by atoms with Crippen LogP contribution in [0.4, 0.5) is 4.39 Å². The van der Waals surface area contributed by atoms with Crippen molar-refractivity contribution in [2.75, 3.05) is 32.8 Å². The van der Waals surface area contributed by atoms with Gasteiger partial charge in [0.2, 0.25) is 5.91 Å². The van der Waals surface area contributed by atoms with E-state index < -0.39 is 6.10 Å². The van der Waals surface area contributed by atoms with Gasteiger partial charge in [0.05, 0.1) is 18.7 Å². The maximum atomic E-state index is 13.5. The molecule has 2 heterocycles. The molecule has 0 radical (unpaired) electrons.